The second kappa shape index (κ2) is 6.70. The first-order chi connectivity index (χ1) is 16.3. The van der Waals surface area contributed by atoms with Crippen LogP contribution >= 0.6 is 0 Å². The molecule has 5 aromatic carbocycles. The summed E-state index contributed by atoms with van der Waals surface area (Å²) in [5, 5.41) is 0. The van der Waals surface area contributed by atoms with Crippen LogP contribution in [0.5, 0.6) is 0 Å². The van der Waals surface area contributed by atoms with E-state index in [1.165, 1.54) is 56.0 Å². The average molecular weight is 422 g/mol. The van der Waals surface area contributed by atoms with E-state index < -0.39 is 0 Å². The zero-order valence-corrected chi connectivity index (χ0v) is 18.5. The number of hydrogen-bond acceptors (Lipinski definition) is 1. The molecule has 0 saturated carbocycles. The van der Waals surface area contributed by atoms with Crippen LogP contribution in [-0.2, 0) is 5.41 Å². The van der Waals surface area contributed by atoms with Gasteiger partial charge >= 0.3 is 0 Å². The number of hydrogen-bond donors (Lipinski definition) is 0. The van der Waals surface area contributed by atoms with Crippen molar-refractivity contribution in [2.75, 3.05) is 4.90 Å². The maximum Gasteiger partial charge on any atom is 0.0754 e. The van der Waals surface area contributed by atoms with Crippen LogP contribution in [0.25, 0.3) is 11.1 Å². The highest BCUT2D eigenvalue weighted by atomic mass is 15.2. The summed E-state index contributed by atoms with van der Waals surface area (Å²) in [5.41, 5.74) is 12.8. The molecule has 2 aliphatic rings. The minimum atomic E-state index is -0.337. The molecule has 1 spiro atoms. The van der Waals surface area contributed by atoms with Gasteiger partial charge in [-0.05, 0) is 70.1 Å². The van der Waals surface area contributed by atoms with Crippen LogP contribution in [0.3, 0.4) is 0 Å². The molecule has 1 aliphatic heterocycles. The van der Waals surface area contributed by atoms with Gasteiger partial charge in [0.05, 0.1) is 16.8 Å². The summed E-state index contributed by atoms with van der Waals surface area (Å²) in [7, 11) is 0. The van der Waals surface area contributed by atoms with Crippen molar-refractivity contribution < 1.29 is 0 Å². The molecule has 1 aliphatic carbocycles. The molecule has 7 rings (SSSR count). The molecule has 1 heteroatoms. The molecule has 1 nitrogen and oxygen atoms in total. The van der Waals surface area contributed by atoms with Crippen molar-refractivity contribution >= 4 is 17.1 Å². The van der Waals surface area contributed by atoms with Crippen LogP contribution < -0.4 is 4.90 Å². The maximum absolute atomic E-state index is 2.42. The highest BCUT2D eigenvalue weighted by Gasteiger charge is 2.51. The number of benzene rings is 5. The lowest BCUT2D eigenvalue weighted by Gasteiger charge is -2.45. The maximum atomic E-state index is 2.42. The van der Waals surface area contributed by atoms with Crippen molar-refractivity contribution in [1.82, 2.24) is 0 Å². The molecule has 0 radical (unpaired) electrons. The van der Waals surface area contributed by atoms with Gasteiger partial charge in [0.2, 0.25) is 0 Å². The molecule has 0 bridgehead atoms. The van der Waals surface area contributed by atoms with Gasteiger partial charge < -0.3 is 4.90 Å². The molecule has 0 saturated heterocycles. The molecule has 0 fully saturated rings. The Kier molecular flexibility index (Phi) is 3.75. The lowest BCUT2D eigenvalue weighted by Crippen LogP contribution is -2.36. The summed E-state index contributed by atoms with van der Waals surface area (Å²) in [5.74, 6) is 0. The van der Waals surface area contributed by atoms with Gasteiger partial charge in [0.1, 0.15) is 0 Å². The van der Waals surface area contributed by atoms with Crippen LogP contribution in [0.2, 0.25) is 0 Å². The Bertz CT molecular complexity index is 1480. The van der Waals surface area contributed by atoms with E-state index in [1.807, 2.05) is 0 Å². The topological polar surface area (TPSA) is 3.24 Å². The first kappa shape index (κ1) is 18.5. The molecule has 1 heterocycles. The molecule has 0 N–H and O–H groups in total. The van der Waals surface area contributed by atoms with Gasteiger partial charge in [0.25, 0.3) is 0 Å². The van der Waals surface area contributed by atoms with E-state index in [0.29, 0.717) is 0 Å². The predicted molar refractivity (Wildman–Crippen MR) is 137 cm³/mol. The highest BCUT2D eigenvalue weighted by Crippen LogP contribution is 2.63. The van der Waals surface area contributed by atoms with Crippen LogP contribution in [0, 0.1) is 6.92 Å². The number of rotatable bonds is 1. The number of fused-ring (bicyclic) bond motifs is 9. The molecular formula is C32H23N. The quantitative estimate of drug-likeness (QED) is 0.258. The number of para-hydroxylation sites is 3. The predicted octanol–water partition coefficient (Wildman–Crippen LogP) is 8.14. The summed E-state index contributed by atoms with van der Waals surface area (Å²) in [6.07, 6.45) is 0. The van der Waals surface area contributed by atoms with Crippen molar-refractivity contribution in [3.05, 3.63) is 149 Å². The molecule has 0 aromatic heterocycles. The summed E-state index contributed by atoms with van der Waals surface area (Å²) in [6.45, 7) is 2.24. The zero-order chi connectivity index (χ0) is 22.0. The highest BCUT2D eigenvalue weighted by molar-refractivity contribution is 5.96. The van der Waals surface area contributed by atoms with Crippen molar-refractivity contribution in [3.63, 3.8) is 0 Å². The third-order valence-corrected chi connectivity index (χ3v) is 7.39. The molecule has 0 amide bonds. The number of anilines is 3. The minimum absolute atomic E-state index is 0.337. The Morgan fingerprint density at radius 2 is 1.03 bits per heavy atom. The van der Waals surface area contributed by atoms with E-state index in [0.717, 1.165) is 0 Å². The number of nitrogens with zero attached hydrogens (tertiary/aromatic N) is 1. The average Bonchev–Trinajstić information content (AvgIpc) is 3.17. The Morgan fingerprint density at radius 3 is 1.73 bits per heavy atom. The summed E-state index contributed by atoms with van der Waals surface area (Å²) < 4.78 is 0. The van der Waals surface area contributed by atoms with E-state index in [4.69, 9.17) is 0 Å². The Morgan fingerprint density at radius 1 is 0.485 bits per heavy atom. The first-order valence-corrected chi connectivity index (χ1v) is 11.6. The van der Waals surface area contributed by atoms with Crippen molar-refractivity contribution in [1.29, 1.82) is 0 Å². The van der Waals surface area contributed by atoms with Crippen LogP contribution in [0.15, 0.2) is 121 Å². The largest absolute Gasteiger partial charge is 0.310 e. The molecule has 5 aromatic rings. The summed E-state index contributed by atoms with van der Waals surface area (Å²) >= 11 is 0. The standard InChI is InChI=1S/C32H23N/c1-22-12-11-19-28-31(22)24-15-5-6-16-25(24)32(28)26-17-7-9-20-29(26)33(23-13-3-2-4-14-23)30-21-10-8-18-27(30)32/h2-21H,1H3. The number of aryl methyl sites for hydroxylation is 1. The fraction of sp³-hybridized carbons (Fsp3) is 0.0625. The Balaban J connectivity index is 1.68. The summed E-state index contributed by atoms with van der Waals surface area (Å²) in [4.78, 5) is 2.42. The zero-order valence-electron chi connectivity index (χ0n) is 18.5. The van der Waals surface area contributed by atoms with Gasteiger partial charge in [-0.3, -0.25) is 0 Å². The van der Waals surface area contributed by atoms with Gasteiger partial charge in [-0.15, -0.1) is 0 Å². The lowest BCUT2D eigenvalue weighted by molar-refractivity contribution is 0.752. The van der Waals surface area contributed by atoms with E-state index in [9.17, 15) is 0 Å². The normalized spacial score (nSPS) is 14.4. The molecule has 156 valence electrons. The van der Waals surface area contributed by atoms with E-state index >= 15 is 0 Å². The molecule has 33 heavy (non-hydrogen) atoms. The van der Waals surface area contributed by atoms with Gasteiger partial charge in [-0.2, -0.15) is 0 Å². The molecule has 0 unspecified atom stereocenters. The molecule has 0 atom stereocenters. The summed E-state index contributed by atoms with van der Waals surface area (Å²) in [6, 6.07) is 44.4. The van der Waals surface area contributed by atoms with Crippen molar-refractivity contribution in [3.8, 4) is 11.1 Å². The van der Waals surface area contributed by atoms with Crippen LogP contribution in [-0.4, -0.2) is 0 Å². The van der Waals surface area contributed by atoms with E-state index in [2.05, 4.69) is 133 Å². The van der Waals surface area contributed by atoms with Crippen LogP contribution in [0.1, 0.15) is 27.8 Å². The third-order valence-electron chi connectivity index (χ3n) is 7.39. The second-order valence-corrected chi connectivity index (χ2v) is 9.00. The Labute approximate surface area is 194 Å². The third kappa shape index (κ3) is 2.27. The fourth-order valence-corrected chi connectivity index (χ4v) is 6.19. The van der Waals surface area contributed by atoms with Crippen molar-refractivity contribution in [2.24, 2.45) is 0 Å². The van der Waals surface area contributed by atoms with E-state index in [1.54, 1.807) is 0 Å². The monoisotopic (exact) mass is 421 g/mol. The molecular weight excluding hydrogens is 398 g/mol. The fourth-order valence-electron chi connectivity index (χ4n) is 6.19. The van der Waals surface area contributed by atoms with Gasteiger partial charge in [0.15, 0.2) is 0 Å². The van der Waals surface area contributed by atoms with Gasteiger partial charge in [0, 0.05) is 5.69 Å². The van der Waals surface area contributed by atoms with Gasteiger partial charge in [-0.25, -0.2) is 0 Å². The first-order valence-electron chi connectivity index (χ1n) is 11.6. The Hall–Kier alpha value is -4.10. The van der Waals surface area contributed by atoms with E-state index in [-0.39, 0.29) is 5.41 Å². The lowest BCUT2D eigenvalue weighted by atomic mass is 9.64. The van der Waals surface area contributed by atoms with Crippen LogP contribution in [0.4, 0.5) is 17.1 Å². The second-order valence-electron chi connectivity index (χ2n) is 9.00. The SMILES string of the molecule is Cc1cccc2c1-c1ccccc1C21c2ccccc2N(c2ccccc2)c2ccccc21. The van der Waals surface area contributed by atoms with Gasteiger partial charge in [-0.1, -0.05) is 97.1 Å². The minimum Gasteiger partial charge on any atom is -0.310 e. The van der Waals surface area contributed by atoms with Crippen molar-refractivity contribution in [2.45, 2.75) is 12.3 Å². The smallest absolute Gasteiger partial charge is 0.0754 e.